The zero-order valence-electron chi connectivity index (χ0n) is 12.4. The highest BCUT2D eigenvalue weighted by atomic mass is 32.2. The van der Waals surface area contributed by atoms with E-state index in [1.54, 1.807) is 0 Å². The molecule has 1 heterocycles. The van der Waals surface area contributed by atoms with E-state index in [9.17, 15) is 16.8 Å². The second-order valence-electron chi connectivity index (χ2n) is 5.36. The Morgan fingerprint density at radius 1 is 0.955 bits per heavy atom. The van der Waals surface area contributed by atoms with Crippen LogP contribution >= 0.6 is 0 Å². The molecule has 2 atom stereocenters. The molecule has 0 bridgehead atoms. The second kappa shape index (κ2) is 6.63. The van der Waals surface area contributed by atoms with Crippen LogP contribution in [0.15, 0.2) is 30.3 Å². The minimum absolute atomic E-state index is 0.280. The molecule has 0 radical (unpaired) electrons. The Hall–Kier alpha value is -1.00. The summed E-state index contributed by atoms with van der Waals surface area (Å²) in [5, 5.41) is 0. The zero-order valence-corrected chi connectivity index (χ0v) is 14.0. The fraction of sp³-hybridized carbons (Fsp3) is 0.538. The molecule has 9 heteroatoms. The summed E-state index contributed by atoms with van der Waals surface area (Å²) in [5.74, 6) is 0. The van der Waals surface area contributed by atoms with Crippen LogP contribution in [-0.2, 0) is 35.1 Å². The summed E-state index contributed by atoms with van der Waals surface area (Å²) in [7, 11) is -7.39. The van der Waals surface area contributed by atoms with Gasteiger partial charge in [0.15, 0.2) is 0 Å². The second-order valence-corrected chi connectivity index (χ2v) is 8.56. The van der Waals surface area contributed by atoms with Crippen molar-refractivity contribution < 1.29 is 25.2 Å². The van der Waals surface area contributed by atoms with E-state index in [1.807, 2.05) is 35.2 Å². The van der Waals surface area contributed by atoms with E-state index < -0.39 is 32.4 Å². The summed E-state index contributed by atoms with van der Waals surface area (Å²) < 4.78 is 55.2. The molecule has 0 saturated carbocycles. The van der Waals surface area contributed by atoms with Gasteiger partial charge in [0, 0.05) is 19.6 Å². The van der Waals surface area contributed by atoms with Gasteiger partial charge >= 0.3 is 0 Å². The van der Waals surface area contributed by atoms with Gasteiger partial charge in [-0.25, -0.2) is 0 Å². The Labute approximate surface area is 131 Å². The zero-order chi connectivity index (χ0) is 16.4. The maximum atomic E-state index is 11.3. The fourth-order valence-corrected chi connectivity index (χ4v) is 3.69. The Kier molecular flexibility index (Phi) is 5.23. The molecule has 1 aliphatic heterocycles. The highest BCUT2D eigenvalue weighted by molar-refractivity contribution is 7.86. The molecular formula is C13H19NO6S2. The molecule has 0 aliphatic carbocycles. The number of nitrogens with zero attached hydrogens (tertiary/aromatic N) is 1. The first kappa shape index (κ1) is 17.4. The van der Waals surface area contributed by atoms with Crippen molar-refractivity contribution in [1.82, 2.24) is 4.90 Å². The molecule has 0 spiro atoms. The minimum Gasteiger partial charge on any atom is -0.294 e. The maximum Gasteiger partial charge on any atom is 0.264 e. The molecule has 22 heavy (non-hydrogen) atoms. The summed E-state index contributed by atoms with van der Waals surface area (Å²) in [6.07, 6.45) is 0.191. The molecule has 1 saturated heterocycles. The molecule has 1 aromatic rings. The molecule has 0 aromatic heterocycles. The van der Waals surface area contributed by atoms with Crippen LogP contribution in [0.5, 0.6) is 0 Å². The van der Waals surface area contributed by atoms with Crippen LogP contribution in [0.2, 0.25) is 0 Å². The number of rotatable bonds is 6. The third kappa shape index (κ3) is 5.65. The van der Waals surface area contributed by atoms with Crippen molar-refractivity contribution in [2.45, 2.75) is 18.8 Å². The standard InChI is InChI=1S/C13H19NO6S2/c1-21(15,16)19-12-9-14(8-11-6-4-3-5-7-11)10-13(12)20-22(2,17)18/h3-7,12-13H,8-10H2,1-2H3/t12-,13-/m0/s1. The van der Waals surface area contributed by atoms with E-state index in [1.165, 1.54) is 0 Å². The van der Waals surface area contributed by atoms with Gasteiger partial charge in [-0.15, -0.1) is 0 Å². The van der Waals surface area contributed by atoms with E-state index in [2.05, 4.69) is 0 Å². The van der Waals surface area contributed by atoms with Crippen LogP contribution in [0.1, 0.15) is 5.56 Å². The highest BCUT2D eigenvalue weighted by Crippen LogP contribution is 2.21. The Morgan fingerprint density at radius 2 is 1.41 bits per heavy atom. The van der Waals surface area contributed by atoms with Gasteiger partial charge < -0.3 is 0 Å². The maximum absolute atomic E-state index is 11.3. The summed E-state index contributed by atoms with van der Waals surface area (Å²) in [6.45, 7) is 1.12. The lowest BCUT2D eigenvalue weighted by atomic mass is 10.2. The van der Waals surface area contributed by atoms with Crippen LogP contribution in [-0.4, -0.2) is 59.5 Å². The molecule has 7 nitrogen and oxygen atoms in total. The van der Waals surface area contributed by atoms with Gasteiger partial charge in [-0.2, -0.15) is 16.8 Å². The van der Waals surface area contributed by atoms with Gasteiger partial charge in [0.25, 0.3) is 20.2 Å². The third-order valence-corrected chi connectivity index (χ3v) is 4.33. The predicted molar refractivity (Wildman–Crippen MR) is 81.2 cm³/mol. The van der Waals surface area contributed by atoms with Crippen molar-refractivity contribution in [3.05, 3.63) is 35.9 Å². The number of hydrogen-bond acceptors (Lipinski definition) is 7. The largest absolute Gasteiger partial charge is 0.294 e. The van der Waals surface area contributed by atoms with Gasteiger partial charge in [0.05, 0.1) is 12.5 Å². The monoisotopic (exact) mass is 349 g/mol. The summed E-state index contributed by atoms with van der Waals surface area (Å²) in [5.41, 5.74) is 1.04. The van der Waals surface area contributed by atoms with Crippen molar-refractivity contribution in [2.75, 3.05) is 25.6 Å². The molecular weight excluding hydrogens is 330 g/mol. The molecule has 0 amide bonds. The molecule has 1 fully saturated rings. The van der Waals surface area contributed by atoms with Gasteiger partial charge in [0.2, 0.25) is 0 Å². The van der Waals surface area contributed by atoms with E-state index in [-0.39, 0.29) is 13.1 Å². The summed E-state index contributed by atoms with van der Waals surface area (Å²) in [6, 6.07) is 9.59. The van der Waals surface area contributed by atoms with Gasteiger partial charge in [-0.1, -0.05) is 30.3 Å². The van der Waals surface area contributed by atoms with Crippen molar-refractivity contribution >= 4 is 20.2 Å². The minimum atomic E-state index is -3.69. The summed E-state index contributed by atoms with van der Waals surface area (Å²) in [4.78, 5) is 1.90. The highest BCUT2D eigenvalue weighted by Gasteiger charge is 2.38. The lowest BCUT2D eigenvalue weighted by Gasteiger charge is -2.16. The van der Waals surface area contributed by atoms with E-state index in [4.69, 9.17) is 8.37 Å². The fourth-order valence-electron chi connectivity index (χ4n) is 2.42. The topological polar surface area (TPSA) is 90.0 Å². The molecule has 0 unspecified atom stereocenters. The van der Waals surface area contributed by atoms with E-state index in [0.29, 0.717) is 6.54 Å². The normalized spacial score (nSPS) is 23.7. The molecule has 0 N–H and O–H groups in total. The molecule has 1 aromatic carbocycles. The molecule has 124 valence electrons. The number of hydrogen-bond donors (Lipinski definition) is 0. The van der Waals surface area contributed by atoms with Crippen LogP contribution < -0.4 is 0 Å². The molecule has 2 rings (SSSR count). The van der Waals surface area contributed by atoms with E-state index >= 15 is 0 Å². The Balaban J connectivity index is 2.09. The van der Waals surface area contributed by atoms with Crippen molar-refractivity contribution in [1.29, 1.82) is 0 Å². The van der Waals surface area contributed by atoms with Gasteiger partial charge in [0.1, 0.15) is 12.2 Å². The lowest BCUT2D eigenvalue weighted by molar-refractivity contribution is 0.102. The lowest BCUT2D eigenvalue weighted by Crippen LogP contribution is -2.33. The first-order chi connectivity index (χ1) is 10.1. The SMILES string of the molecule is CS(=O)(=O)O[C@H]1CN(Cc2ccccc2)C[C@@H]1OS(C)(=O)=O. The third-order valence-electron chi connectivity index (χ3n) is 3.14. The average molecular weight is 349 g/mol. The van der Waals surface area contributed by atoms with Crippen LogP contribution in [0, 0.1) is 0 Å². The van der Waals surface area contributed by atoms with Crippen molar-refractivity contribution in [3.63, 3.8) is 0 Å². The number of benzene rings is 1. The van der Waals surface area contributed by atoms with E-state index in [0.717, 1.165) is 18.1 Å². The van der Waals surface area contributed by atoms with Crippen LogP contribution in [0.4, 0.5) is 0 Å². The first-order valence-corrected chi connectivity index (χ1v) is 10.3. The van der Waals surface area contributed by atoms with Crippen LogP contribution in [0.3, 0.4) is 0 Å². The quantitative estimate of drug-likeness (QED) is 0.677. The summed E-state index contributed by atoms with van der Waals surface area (Å²) >= 11 is 0. The van der Waals surface area contributed by atoms with Crippen molar-refractivity contribution in [2.24, 2.45) is 0 Å². The predicted octanol–water partition coefficient (Wildman–Crippen LogP) is 0.192. The average Bonchev–Trinajstić information content (AvgIpc) is 2.67. The van der Waals surface area contributed by atoms with Gasteiger partial charge in [-0.05, 0) is 5.56 Å². The van der Waals surface area contributed by atoms with Gasteiger partial charge in [-0.3, -0.25) is 13.3 Å². The Bertz CT molecular complexity index is 659. The smallest absolute Gasteiger partial charge is 0.264 e. The number of likely N-dealkylation sites (tertiary alicyclic amines) is 1. The Morgan fingerprint density at radius 3 is 1.82 bits per heavy atom. The first-order valence-electron chi connectivity index (χ1n) is 6.65. The van der Waals surface area contributed by atoms with Crippen molar-refractivity contribution in [3.8, 4) is 0 Å². The van der Waals surface area contributed by atoms with Crippen LogP contribution in [0.25, 0.3) is 0 Å². The molecule has 1 aliphatic rings.